The number of phenols is 1. The largest absolute Gasteiger partial charge is 0.507 e. The summed E-state index contributed by atoms with van der Waals surface area (Å²) in [5, 5.41) is 13.3. The Balaban J connectivity index is 0.00000514. The first-order valence-electron chi connectivity index (χ1n) is 20.2. The van der Waals surface area contributed by atoms with Gasteiger partial charge in [0, 0.05) is 72.8 Å². The van der Waals surface area contributed by atoms with Crippen LogP contribution in [0.1, 0.15) is 52.7 Å². The van der Waals surface area contributed by atoms with E-state index in [1.54, 1.807) is 6.07 Å². The van der Waals surface area contributed by atoms with Crippen LogP contribution in [0.2, 0.25) is 0 Å². The molecule has 7 heteroatoms. The number of hydrogen-bond acceptors (Lipinski definition) is 3. The number of para-hydroxylation sites is 3. The van der Waals surface area contributed by atoms with Gasteiger partial charge in [0.15, 0.2) is 0 Å². The number of rotatable bonds is 6. The second-order valence-corrected chi connectivity index (χ2v) is 17.5. The molecule has 6 aromatic carbocycles. The summed E-state index contributed by atoms with van der Waals surface area (Å²) >= 11 is 0. The maximum absolute atomic E-state index is 15.6. The third kappa shape index (κ3) is 7.93. The Morgan fingerprint density at radius 2 is 1.18 bits per heavy atom. The standard InChI is InChI=1S/C54H44F2N3O.Pt/c1-53(2,3)38-25-36(26-39(30-38)54(4,5)6)37-28-47(58-48(29-37)51-45(56)31-40(55)32-50(51)60)35-15-12-14-34(24-35)46-27-33(22-23-57-46)42-19-13-20-44-43-18-10-11-21-49(43)59(52(42)44)41-16-8-7-9-17-41;/h7-23,25-32,60H,1-6H3;/q-1;. The van der Waals surface area contributed by atoms with E-state index in [4.69, 9.17) is 9.97 Å². The van der Waals surface area contributed by atoms with E-state index in [1.165, 1.54) is 5.39 Å². The van der Waals surface area contributed by atoms with Crippen molar-refractivity contribution in [3.05, 3.63) is 181 Å². The van der Waals surface area contributed by atoms with E-state index in [-0.39, 0.29) is 43.2 Å². The van der Waals surface area contributed by atoms with Crippen LogP contribution in [0.4, 0.5) is 8.78 Å². The van der Waals surface area contributed by atoms with Crippen LogP contribution < -0.4 is 0 Å². The molecule has 0 aliphatic carbocycles. The van der Waals surface area contributed by atoms with E-state index in [9.17, 15) is 9.50 Å². The van der Waals surface area contributed by atoms with Gasteiger partial charge in [0.25, 0.3) is 0 Å². The van der Waals surface area contributed by atoms with Crippen molar-refractivity contribution in [3.63, 3.8) is 0 Å². The Labute approximate surface area is 369 Å². The van der Waals surface area contributed by atoms with Crippen molar-refractivity contribution in [2.45, 2.75) is 52.4 Å². The van der Waals surface area contributed by atoms with Gasteiger partial charge in [-0.3, -0.25) is 9.97 Å². The third-order valence-corrected chi connectivity index (χ3v) is 11.2. The second-order valence-electron chi connectivity index (χ2n) is 17.5. The molecular weight excluding hydrogens is 940 g/mol. The number of aromatic nitrogens is 3. The zero-order valence-corrected chi connectivity index (χ0v) is 37.1. The molecule has 0 radical (unpaired) electrons. The summed E-state index contributed by atoms with van der Waals surface area (Å²) in [5.41, 5.74) is 11.7. The maximum atomic E-state index is 15.6. The summed E-state index contributed by atoms with van der Waals surface area (Å²) < 4.78 is 32.2. The van der Waals surface area contributed by atoms with Crippen LogP contribution >= 0.6 is 0 Å². The van der Waals surface area contributed by atoms with Gasteiger partial charge in [-0.1, -0.05) is 138 Å². The molecule has 306 valence electrons. The van der Waals surface area contributed by atoms with Crippen LogP contribution in [0.3, 0.4) is 0 Å². The number of aromatic hydroxyl groups is 1. The van der Waals surface area contributed by atoms with E-state index in [2.05, 4.69) is 143 Å². The van der Waals surface area contributed by atoms with E-state index in [0.717, 1.165) is 78.9 Å². The third-order valence-electron chi connectivity index (χ3n) is 11.2. The molecule has 0 saturated heterocycles. The van der Waals surface area contributed by atoms with Crippen LogP contribution in [0.5, 0.6) is 5.75 Å². The van der Waals surface area contributed by atoms with Crippen LogP contribution in [0, 0.1) is 17.7 Å². The van der Waals surface area contributed by atoms with E-state index in [0.29, 0.717) is 11.3 Å². The van der Waals surface area contributed by atoms with Gasteiger partial charge < -0.3 is 9.67 Å². The molecule has 3 aromatic heterocycles. The van der Waals surface area contributed by atoms with Crippen LogP contribution in [0.25, 0.3) is 83.5 Å². The Hall–Kier alpha value is -6.23. The zero-order chi connectivity index (χ0) is 41.9. The topological polar surface area (TPSA) is 50.9 Å². The van der Waals surface area contributed by atoms with Crippen LogP contribution in [-0.2, 0) is 31.9 Å². The van der Waals surface area contributed by atoms with Gasteiger partial charge in [-0.15, -0.1) is 24.3 Å². The average molecular weight is 984 g/mol. The molecule has 0 atom stereocenters. The Kier molecular flexibility index (Phi) is 10.9. The Bertz CT molecular complexity index is 3050. The fourth-order valence-corrected chi connectivity index (χ4v) is 8.05. The molecular formula is C54H44F2N3OPt-. The normalized spacial score (nSPS) is 11.9. The number of fused-ring (bicyclic) bond motifs is 3. The van der Waals surface area contributed by atoms with E-state index >= 15 is 4.39 Å². The van der Waals surface area contributed by atoms with Crippen molar-refractivity contribution in [3.8, 4) is 67.5 Å². The number of benzene rings is 6. The first-order valence-corrected chi connectivity index (χ1v) is 20.2. The van der Waals surface area contributed by atoms with Crippen molar-refractivity contribution in [2.75, 3.05) is 0 Å². The summed E-state index contributed by atoms with van der Waals surface area (Å²) in [6.07, 6.45) is 1.83. The molecule has 4 nitrogen and oxygen atoms in total. The van der Waals surface area contributed by atoms with Crippen LogP contribution in [-0.4, -0.2) is 19.6 Å². The molecule has 0 aliphatic rings. The van der Waals surface area contributed by atoms with Gasteiger partial charge >= 0.3 is 0 Å². The summed E-state index contributed by atoms with van der Waals surface area (Å²) in [5.74, 6) is -2.30. The molecule has 0 aliphatic heterocycles. The summed E-state index contributed by atoms with van der Waals surface area (Å²) in [7, 11) is 0. The molecule has 9 rings (SSSR count). The predicted molar refractivity (Wildman–Crippen MR) is 241 cm³/mol. The molecule has 0 fully saturated rings. The quantitative estimate of drug-likeness (QED) is 0.169. The van der Waals surface area contributed by atoms with Crippen molar-refractivity contribution in [1.29, 1.82) is 0 Å². The predicted octanol–water partition coefficient (Wildman–Crippen LogP) is 14.3. The minimum atomic E-state index is -0.901. The molecule has 3 heterocycles. The second kappa shape index (κ2) is 16.0. The first kappa shape index (κ1) is 41.5. The first-order chi connectivity index (χ1) is 28.7. The van der Waals surface area contributed by atoms with Crippen molar-refractivity contribution >= 4 is 21.8 Å². The van der Waals surface area contributed by atoms with Gasteiger partial charge in [0.1, 0.15) is 17.4 Å². The minimum absolute atomic E-state index is 0. The molecule has 0 amide bonds. The van der Waals surface area contributed by atoms with Crippen molar-refractivity contribution < 1.29 is 35.0 Å². The molecule has 0 unspecified atom stereocenters. The number of halogens is 2. The summed E-state index contributed by atoms with van der Waals surface area (Å²) in [6.45, 7) is 13.1. The molecule has 0 spiro atoms. The van der Waals surface area contributed by atoms with Crippen molar-refractivity contribution in [2.24, 2.45) is 0 Å². The Morgan fingerprint density at radius 3 is 1.89 bits per heavy atom. The molecule has 0 saturated carbocycles. The SMILES string of the molecule is CC(C)(C)c1cc(-c2cc(-c3[c-]c(-c4cc(-c5cccc6c7ccccc7n(-c7ccccc7)c56)ccn4)ccc3)nc(-c3c(O)cc(F)cc3F)c2)cc(C(C)(C)C)c1.[Pt]. The monoisotopic (exact) mass is 983 g/mol. The maximum Gasteiger partial charge on any atom is 0.139 e. The number of nitrogens with zero attached hydrogens (tertiary/aromatic N) is 3. The van der Waals surface area contributed by atoms with Gasteiger partial charge in [-0.2, -0.15) is 0 Å². The van der Waals surface area contributed by atoms with Gasteiger partial charge in [0.2, 0.25) is 0 Å². The number of hydrogen-bond donors (Lipinski definition) is 1. The fraction of sp³-hybridized carbons (Fsp3) is 0.148. The summed E-state index contributed by atoms with van der Waals surface area (Å²) in [4.78, 5) is 9.73. The van der Waals surface area contributed by atoms with Crippen LogP contribution in [0.15, 0.2) is 152 Å². The minimum Gasteiger partial charge on any atom is -0.507 e. The smallest absolute Gasteiger partial charge is 0.139 e. The molecule has 61 heavy (non-hydrogen) atoms. The molecule has 9 aromatic rings. The fourth-order valence-electron chi connectivity index (χ4n) is 8.05. The number of phenolic OH excluding ortho intramolecular Hbond substituents is 1. The number of pyridine rings is 2. The Morgan fingerprint density at radius 1 is 0.574 bits per heavy atom. The van der Waals surface area contributed by atoms with Gasteiger partial charge in [-0.25, -0.2) is 8.78 Å². The van der Waals surface area contributed by atoms with E-state index < -0.39 is 17.4 Å². The molecule has 0 bridgehead atoms. The zero-order valence-electron chi connectivity index (χ0n) is 34.8. The van der Waals surface area contributed by atoms with Gasteiger partial charge in [0.05, 0.1) is 22.3 Å². The van der Waals surface area contributed by atoms with Crippen molar-refractivity contribution in [1.82, 2.24) is 14.5 Å². The van der Waals surface area contributed by atoms with E-state index in [1.807, 2.05) is 42.6 Å². The summed E-state index contributed by atoms with van der Waals surface area (Å²) in [6, 6.07) is 50.8. The van der Waals surface area contributed by atoms with Gasteiger partial charge in [-0.05, 0) is 69.0 Å². The average Bonchev–Trinajstić information content (AvgIpc) is 3.57. The molecule has 1 N–H and O–H groups in total.